The van der Waals surface area contributed by atoms with Gasteiger partial charge < -0.3 is 10.8 Å². The molecule has 0 spiro atoms. The molecule has 0 aliphatic carbocycles. The van der Waals surface area contributed by atoms with Crippen LogP contribution >= 0.6 is 0 Å². The van der Waals surface area contributed by atoms with Crippen molar-refractivity contribution in [1.82, 2.24) is 4.72 Å². The summed E-state index contributed by atoms with van der Waals surface area (Å²) in [6.07, 6.45) is 0. The van der Waals surface area contributed by atoms with Gasteiger partial charge in [-0.25, -0.2) is 17.5 Å². The Labute approximate surface area is 99.5 Å². The van der Waals surface area contributed by atoms with Crippen molar-refractivity contribution in [2.24, 2.45) is 0 Å². The smallest absolute Gasteiger partial charge is 0.243 e. The molecule has 0 amide bonds. The average Bonchev–Trinajstić information content (AvgIpc) is 2.22. The molecule has 1 rings (SSSR count). The van der Waals surface area contributed by atoms with Crippen LogP contribution in [0.5, 0.6) is 0 Å². The van der Waals surface area contributed by atoms with E-state index in [0.717, 1.165) is 6.07 Å². The van der Waals surface area contributed by atoms with Crippen molar-refractivity contribution in [1.29, 1.82) is 0 Å². The molecule has 5 nitrogen and oxygen atoms in total. The number of aliphatic hydroxyl groups excluding tert-OH is 1. The standard InChI is InChI=1S/C10H15FN2O3S/c1-6-3-8(12)4-9(10(6)11)17(15,16)13-7(2)5-14/h3-4,7,13-14H,5,12H2,1-2H3/t7-/m1/s1. The van der Waals surface area contributed by atoms with Crippen molar-refractivity contribution in [2.45, 2.75) is 24.8 Å². The second-order valence-electron chi connectivity index (χ2n) is 3.85. The minimum absolute atomic E-state index is 0.155. The Kier molecular flexibility index (Phi) is 4.07. The van der Waals surface area contributed by atoms with Gasteiger partial charge in [-0.15, -0.1) is 0 Å². The molecule has 0 aliphatic heterocycles. The lowest BCUT2D eigenvalue weighted by Crippen LogP contribution is -2.35. The highest BCUT2D eigenvalue weighted by atomic mass is 32.2. The van der Waals surface area contributed by atoms with Crippen LogP contribution in [0.4, 0.5) is 10.1 Å². The van der Waals surface area contributed by atoms with E-state index in [2.05, 4.69) is 4.72 Å². The zero-order valence-corrected chi connectivity index (χ0v) is 10.4. The topological polar surface area (TPSA) is 92.4 Å². The molecule has 1 aromatic rings. The van der Waals surface area contributed by atoms with Crippen LogP contribution in [0.2, 0.25) is 0 Å². The first-order chi connectivity index (χ1) is 7.77. The number of halogens is 1. The lowest BCUT2D eigenvalue weighted by Gasteiger charge is -2.13. The Balaban J connectivity index is 3.24. The number of anilines is 1. The second-order valence-corrected chi connectivity index (χ2v) is 5.54. The van der Waals surface area contributed by atoms with Gasteiger partial charge in [0.15, 0.2) is 0 Å². The molecule has 0 heterocycles. The van der Waals surface area contributed by atoms with Crippen LogP contribution in [0.3, 0.4) is 0 Å². The second kappa shape index (κ2) is 4.99. The number of nitrogens with one attached hydrogen (secondary N) is 1. The first-order valence-electron chi connectivity index (χ1n) is 4.96. The Morgan fingerprint density at radius 1 is 1.53 bits per heavy atom. The highest BCUT2D eigenvalue weighted by Gasteiger charge is 2.22. The number of nitrogen functional groups attached to an aromatic ring is 1. The van der Waals surface area contributed by atoms with Crippen LogP contribution in [0.25, 0.3) is 0 Å². The summed E-state index contributed by atoms with van der Waals surface area (Å²) in [6.45, 7) is 2.52. The summed E-state index contributed by atoms with van der Waals surface area (Å²) >= 11 is 0. The maximum atomic E-state index is 13.7. The fraction of sp³-hybridized carbons (Fsp3) is 0.400. The number of aliphatic hydroxyl groups is 1. The first kappa shape index (κ1) is 13.9. The van der Waals surface area contributed by atoms with Crippen LogP contribution in [-0.4, -0.2) is 26.2 Å². The Morgan fingerprint density at radius 3 is 2.65 bits per heavy atom. The molecule has 1 aromatic carbocycles. The van der Waals surface area contributed by atoms with E-state index in [1.807, 2.05) is 0 Å². The number of nitrogens with two attached hydrogens (primary N) is 1. The van der Waals surface area contributed by atoms with Gasteiger partial charge in [0.2, 0.25) is 10.0 Å². The van der Waals surface area contributed by atoms with Gasteiger partial charge in [0.05, 0.1) is 6.61 Å². The number of aryl methyl sites for hydroxylation is 1. The highest BCUT2D eigenvalue weighted by Crippen LogP contribution is 2.21. The average molecular weight is 262 g/mol. The van der Waals surface area contributed by atoms with E-state index in [1.54, 1.807) is 0 Å². The molecular weight excluding hydrogens is 247 g/mol. The molecule has 0 bridgehead atoms. The normalized spacial score (nSPS) is 13.6. The fourth-order valence-electron chi connectivity index (χ4n) is 1.33. The van der Waals surface area contributed by atoms with Gasteiger partial charge in [-0.05, 0) is 31.5 Å². The van der Waals surface area contributed by atoms with Gasteiger partial charge in [0, 0.05) is 11.7 Å². The summed E-state index contributed by atoms with van der Waals surface area (Å²) in [5, 5.41) is 8.78. The Bertz CT molecular complexity index is 517. The maximum absolute atomic E-state index is 13.7. The molecule has 0 saturated heterocycles. The predicted octanol–water partition coefficient (Wildman–Crippen LogP) is 0.375. The third-order valence-electron chi connectivity index (χ3n) is 2.16. The molecule has 0 fully saturated rings. The van der Waals surface area contributed by atoms with Crippen LogP contribution in [-0.2, 0) is 10.0 Å². The van der Waals surface area contributed by atoms with Gasteiger partial charge in [0.1, 0.15) is 10.7 Å². The van der Waals surface area contributed by atoms with Crippen LogP contribution in [0.1, 0.15) is 12.5 Å². The molecule has 7 heteroatoms. The summed E-state index contributed by atoms with van der Waals surface area (Å²) in [5.41, 5.74) is 5.80. The number of hydrogen-bond acceptors (Lipinski definition) is 4. The zero-order chi connectivity index (χ0) is 13.2. The molecule has 0 aromatic heterocycles. The van der Waals surface area contributed by atoms with E-state index in [1.165, 1.54) is 19.9 Å². The molecule has 96 valence electrons. The van der Waals surface area contributed by atoms with Gasteiger partial charge in [-0.3, -0.25) is 0 Å². The third-order valence-corrected chi connectivity index (χ3v) is 3.75. The van der Waals surface area contributed by atoms with E-state index < -0.39 is 26.8 Å². The molecule has 0 aliphatic rings. The zero-order valence-electron chi connectivity index (χ0n) is 9.57. The summed E-state index contributed by atoms with van der Waals surface area (Å²) in [4.78, 5) is -0.504. The molecule has 0 unspecified atom stereocenters. The molecule has 17 heavy (non-hydrogen) atoms. The van der Waals surface area contributed by atoms with Gasteiger partial charge in [0.25, 0.3) is 0 Å². The molecule has 0 saturated carbocycles. The van der Waals surface area contributed by atoms with E-state index in [4.69, 9.17) is 10.8 Å². The molecule has 4 N–H and O–H groups in total. The number of rotatable bonds is 4. The number of sulfonamides is 1. The molecular formula is C10H15FN2O3S. The van der Waals surface area contributed by atoms with Crippen molar-refractivity contribution >= 4 is 15.7 Å². The summed E-state index contributed by atoms with van der Waals surface area (Å²) in [6, 6.07) is 1.71. The van der Waals surface area contributed by atoms with Gasteiger partial charge in [-0.1, -0.05) is 0 Å². The minimum atomic E-state index is -4.01. The van der Waals surface area contributed by atoms with Crippen LogP contribution in [0.15, 0.2) is 17.0 Å². The largest absolute Gasteiger partial charge is 0.399 e. The molecule has 1 atom stereocenters. The number of benzene rings is 1. The van der Waals surface area contributed by atoms with E-state index in [9.17, 15) is 12.8 Å². The third kappa shape index (κ3) is 3.15. The van der Waals surface area contributed by atoms with E-state index in [0.29, 0.717) is 0 Å². The minimum Gasteiger partial charge on any atom is -0.399 e. The van der Waals surface area contributed by atoms with Crippen LogP contribution in [0, 0.1) is 12.7 Å². The Hall–Kier alpha value is -1.18. The van der Waals surface area contributed by atoms with E-state index >= 15 is 0 Å². The highest BCUT2D eigenvalue weighted by molar-refractivity contribution is 7.89. The van der Waals surface area contributed by atoms with Crippen molar-refractivity contribution in [2.75, 3.05) is 12.3 Å². The Morgan fingerprint density at radius 2 is 2.12 bits per heavy atom. The van der Waals surface area contributed by atoms with Crippen molar-refractivity contribution in [3.8, 4) is 0 Å². The van der Waals surface area contributed by atoms with Crippen molar-refractivity contribution in [3.63, 3.8) is 0 Å². The van der Waals surface area contributed by atoms with Crippen molar-refractivity contribution < 1.29 is 17.9 Å². The lowest BCUT2D eigenvalue weighted by atomic mass is 10.2. The van der Waals surface area contributed by atoms with E-state index in [-0.39, 0.29) is 17.9 Å². The summed E-state index contributed by atoms with van der Waals surface area (Å²) < 4.78 is 39.5. The first-order valence-corrected chi connectivity index (χ1v) is 6.45. The summed E-state index contributed by atoms with van der Waals surface area (Å²) in [5.74, 6) is -0.836. The van der Waals surface area contributed by atoms with Crippen molar-refractivity contribution in [3.05, 3.63) is 23.5 Å². The van der Waals surface area contributed by atoms with Crippen LogP contribution < -0.4 is 10.5 Å². The lowest BCUT2D eigenvalue weighted by molar-refractivity contribution is 0.265. The monoisotopic (exact) mass is 262 g/mol. The predicted molar refractivity (Wildman–Crippen MR) is 62.4 cm³/mol. The maximum Gasteiger partial charge on any atom is 0.243 e. The van der Waals surface area contributed by atoms with Gasteiger partial charge in [-0.2, -0.15) is 0 Å². The molecule has 0 radical (unpaired) electrons. The fourth-order valence-corrected chi connectivity index (χ4v) is 2.74. The summed E-state index contributed by atoms with van der Waals surface area (Å²) in [7, 11) is -4.01. The SMILES string of the molecule is Cc1cc(N)cc(S(=O)(=O)N[C@H](C)CO)c1F. The van der Waals surface area contributed by atoms with Gasteiger partial charge >= 0.3 is 0 Å². The quantitative estimate of drug-likeness (QED) is 0.684. The number of hydrogen-bond donors (Lipinski definition) is 3.